The van der Waals surface area contributed by atoms with Crippen molar-refractivity contribution in [3.63, 3.8) is 0 Å². The summed E-state index contributed by atoms with van der Waals surface area (Å²) in [5.41, 5.74) is 1.70. The number of hydrogen-bond donors (Lipinski definition) is 2. The Balaban J connectivity index is 2.24. The van der Waals surface area contributed by atoms with Crippen molar-refractivity contribution >= 4 is 5.91 Å². The molecular weight excluding hydrogens is 240 g/mol. The summed E-state index contributed by atoms with van der Waals surface area (Å²) in [6.45, 7) is 5.36. The summed E-state index contributed by atoms with van der Waals surface area (Å²) in [6.07, 6.45) is 3.34. The van der Waals surface area contributed by atoms with Gasteiger partial charge >= 0.3 is 0 Å². The van der Waals surface area contributed by atoms with E-state index in [9.17, 15) is 4.79 Å². The quantitative estimate of drug-likeness (QED) is 0.727. The molecule has 0 radical (unpaired) electrons. The van der Waals surface area contributed by atoms with E-state index in [0.29, 0.717) is 25.2 Å². The zero-order chi connectivity index (χ0) is 14.3. The van der Waals surface area contributed by atoms with Crippen molar-refractivity contribution in [2.75, 3.05) is 6.54 Å². The smallest absolute Gasteiger partial charge is 0.221 e. The van der Waals surface area contributed by atoms with E-state index in [1.807, 2.05) is 33.2 Å². The van der Waals surface area contributed by atoms with Crippen LogP contribution in [0.5, 0.6) is 0 Å². The highest BCUT2D eigenvalue weighted by molar-refractivity contribution is 5.76. The lowest BCUT2D eigenvalue weighted by atomic mass is 10.2. The fourth-order valence-electron chi connectivity index (χ4n) is 1.72. The van der Waals surface area contributed by atoms with Crippen LogP contribution in [-0.4, -0.2) is 23.1 Å². The van der Waals surface area contributed by atoms with Gasteiger partial charge in [-0.3, -0.25) is 4.79 Å². The molecule has 0 saturated heterocycles. The van der Waals surface area contributed by atoms with Crippen LogP contribution in [0.2, 0.25) is 0 Å². The van der Waals surface area contributed by atoms with Crippen LogP contribution in [0, 0.1) is 11.3 Å². The molecule has 1 amide bonds. The number of aryl methyl sites for hydroxylation is 1. The van der Waals surface area contributed by atoms with Gasteiger partial charge < -0.3 is 15.2 Å². The summed E-state index contributed by atoms with van der Waals surface area (Å²) < 4.78 is 1.80. The van der Waals surface area contributed by atoms with Crippen LogP contribution in [0.3, 0.4) is 0 Å². The second-order valence-corrected chi connectivity index (χ2v) is 4.76. The van der Waals surface area contributed by atoms with Gasteiger partial charge in [0.1, 0.15) is 11.8 Å². The van der Waals surface area contributed by atoms with Gasteiger partial charge in [-0.2, -0.15) is 5.26 Å². The summed E-state index contributed by atoms with van der Waals surface area (Å²) in [5.74, 6) is 0.0765. The molecule has 1 atom stereocenters. The summed E-state index contributed by atoms with van der Waals surface area (Å²) >= 11 is 0. The van der Waals surface area contributed by atoms with Crippen molar-refractivity contribution in [3.05, 3.63) is 23.5 Å². The molecule has 0 saturated carbocycles. The van der Waals surface area contributed by atoms with E-state index in [1.165, 1.54) is 0 Å². The highest BCUT2D eigenvalue weighted by atomic mass is 16.1. The Labute approximate surface area is 114 Å². The third-order valence-electron chi connectivity index (χ3n) is 3.05. The monoisotopic (exact) mass is 262 g/mol. The molecule has 5 heteroatoms. The highest BCUT2D eigenvalue weighted by Gasteiger charge is 2.05. The minimum Gasteiger partial charge on any atom is -0.354 e. The number of hydrogen-bond acceptors (Lipinski definition) is 3. The van der Waals surface area contributed by atoms with Gasteiger partial charge in [-0.15, -0.1) is 0 Å². The topological polar surface area (TPSA) is 69.8 Å². The molecule has 1 unspecified atom stereocenters. The standard InChI is InChI=1S/C14H22N4O/c1-4-11(2)17-14(19)5-6-16-9-12-7-13(8-15)18(3)10-12/h7,10-11,16H,4-6,9H2,1-3H3,(H,17,19). The van der Waals surface area contributed by atoms with Crippen molar-refractivity contribution in [3.8, 4) is 6.07 Å². The van der Waals surface area contributed by atoms with Crippen molar-refractivity contribution in [2.24, 2.45) is 7.05 Å². The Hall–Kier alpha value is -1.80. The maximum Gasteiger partial charge on any atom is 0.221 e. The van der Waals surface area contributed by atoms with Gasteiger partial charge in [0.15, 0.2) is 0 Å². The Morgan fingerprint density at radius 3 is 2.89 bits per heavy atom. The minimum absolute atomic E-state index is 0.0765. The van der Waals surface area contributed by atoms with Gasteiger partial charge in [0, 0.05) is 38.8 Å². The number of amides is 1. The van der Waals surface area contributed by atoms with Crippen molar-refractivity contribution in [1.29, 1.82) is 5.26 Å². The summed E-state index contributed by atoms with van der Waals surface area (Å²) in [6, 6.07) is 4.21. The van der Waals surface area contributed by atoms with E-state index in [-0.39, 0.29) is 11.9 Å². The van der Waals surface area contributed by atoms with Crippen LogP contribution in [0.15, 0.2) is 12.3 Å². The number of carbonyl (C=O) groups is 1. The predicted molar refractivity (Wildman–Crippen MR) is 74.3 cm³/mol. The van der Waals surface area contributed by atoms with Gasteiger partial charge in [0.25, 0.3) is 0 Å². The summed E-state index contributed by atoms with van der Waals surface area (Å²) in [7, 11) is 1.85. The lowest BCUT2D eigenvalue weighted by Crippen LogP contribution is -2.33. The molecule has 5 nitrogen and oxygen atoms in total. The summed E-state index contributed by atoms with van der Waals surface area (Å²) in [4.78, 5) is 11.5. The molecule has 0 aliphatic carbocycles. The summed E-state index contributed by atoms with van der Waals surface area (Å²) in [5, 5.41) is 15.0. The molecule has 104 valence electrons. The molecule has 0 bridgehead atoms. The maximum atomic E-state index is 11.5. The third-order valence-corrected chi connectivity index (χ3v) is 3.05. The number of rotatable bonds is 7. The molecule has 0 spiro atoms. The zero-order valence-electron chi connectivity index (χ0n) is 11.9. The molecule has 1 heterocycles. The average molecular weight is 262 g/mol. The number of nitrogens with one attached hydrogen (secondary N) is 2. The van der Waals surface area contributed by atoms with Crippen molar-refractivity contribution < 1.29 is 4.79 Å². The lowest BCUT2D eigenvalue weighted by molar-refractivity contribution is -0.121. The van der Waals surface area contributed by atoms with Crippen LogP contribution in [0.1, 0.15) is 37.9 Å². The normalized spacial score (nSPS) is 11.9. The lowest BCUT2D eigenvalue weighted by Gasteiger charge is -2.11. The minimum atomic E-state index is 0.0765. The molecule has 0 aromatic carbocycles. The fourth-order valence-corrected chi connectivity index (χ4v) is 1.72. The largest absolute Gasteiger partial charge is 0.354 e. The van der Waals surface area contributed by atoms with Gasteiger partial charge in [-0.1, -0.05) is 6.92 Å². The van der Waals surface area contributed by atoms with Crippen LogP contribution in [-0.2, 0) is 18.4 Å². The van der Waals surface area contributed by atoms with Crippen LogP contribution in [0.4, 0.5) is 0 Å². The molecule has 0 fully saturated rings. The number of nitriles is 1. The first-order valence-electron chi connectivity index (χ1n) is 6.62. The highest BCUT2D eigenvalue weighted by Crippen LogP contribution is 2.05. The Kier molecular flexibility index (Phi) is 6.10. The molecular formula is C14H22N4O. The van der Waals surface area contributed by atoms with Gasteiger partial charge in [0.2, 0.25) is 5.91 Å². The molecule has 19 heavy (non-hydrogen) atoms. The fraction of sp³-hybridized carbons (Fsp3) is 0.571. The second kappa shape index (κ2) is 7.59. The van der Waals surface area contributed by atoms with Gasteiger partial charge in [-0.25, -0.2) is 0 Å². The SMILES string of the molecule is CCC(C)NC(=O)CCNCc1cc(C#N)n(C)c1. The number of carbonyl (C=O) groups excluding carboxylic acids is 1. The van der Waals surface area contributed by atoms with Crippen molar-refractivity contribution in [1.82, 2.24) is 15.2 Å². The first-order chi connectivity index (χ1) is 9.06. The molecule has 1 aromatic heterocycles. The Bertz CT molecular complexity index is 459. The molecule has 0 aliphatic rings. The van der Waals surface area contributed by atoms with E-state index in [4.69, 9.17) is 5.26 Å². The van der Waals surface area contributed by atoms with Crippen LogP contribution >= 0.6 is 0 Å². The molecule has 1 aromatic rings. The van der Waals surface area contributed by atoms with Gasteiger partial charge in [-0.05, 0) is 25.0 Å². The number of aromatic nitrogens is 1. The maximum absolute atomic E-state index is 11.5. The average Bonchev–Trinajstić information content (AvgIpc) is 2.75. The van der Waals surface area contributed by atoms with E-state index in [2.05, 4.69) is 16.7 Å². The van der Waals surface area contributed by atoms with Crippen molar-refractivity contribution in [2.45, 2.75) is 39.3 Å². The van der Waals surface area contributed by atoms with Gasteiger partial charge in [0.05, 0.1) is 0 Å². The molecule has 0 aliphatic heterocycles. The second-order valence-electron chi connectivity index (χ2n) is 4.76. The van der Waals surface area contributed by atoms with E-state index < -0.39 is 0 Å². The van der Waals surface area contributed by atoms with Crippen LogP contribution < -0.4 is 10.6 Å². The van der Waals surface area contributed by atoms with Crippen LogP contribution in [0.25, 0.3) is 0 Å². The predicted octanol–water partition coefficient (Wildman–Crippen LogP) is 1.29. The zero-order valence-corrected chi connectivity index (χ0v) is 11.9. The van der Waals surface area contributed by atoms with E-state index in [0.717, 1.165) is 12.0 Å². The Morgan fingerprint density at radius 1 is 1.58 bits per heavy atom. The molecule has 2 N–H and O–H groups in total. The first kappa shape index (κ1) is 15.3. The van der Waals surface area contributed by atoms with E-state index in [1.54, 1.807) is 4.57 Å². The molecule has 1 rings (SSSR count). The third kappa shape index (κ3) is 5.14. The first-order valence-corrected chi connectivity index (χ1v) is 6.62. The Morgan fingerprint density at radius 2 is 2.32 bits per heavy atom. The number of nitrogens with zero attached hydrogens (tertiary/aromatic N) is 2. The van der Waals surface area contributed by atoms with E-state index >= 15 is 0 Å².